The second kappa shape index (κ2) is 5.83. The van der Waals surface area contributed by atoms with Gasteiger partial charge in [0.1, 0.15) is 0 Å². The Kier molecular flexibility index (Phi) is 4.66. The molecule has 1 atom stereocenters. The highest BCUT2D eigenvalue weighted by molar-refractivity contribution is 7.90. The van der Waals surface area contributed by atoms with Crippen LogP contribution < -0.4 is 10.5 Å². The van der Waals surface area contributed by atoms with Crippen LogP contribution in [0.2, 0.25) is 0 Å². The van der Waals surface area contributed by atoms with Crippen molar-refractivity contribution >= 4 is 21.8 Å². The first kappa shape index (κ1) is 15.2. The van der Waals surface area contributed by atoms with Gasteiger partial charge in [-0.05, 0) is 37.6 Å². The van der Waals surface area contributed by atoms with Gasteiger partial charge in [-0.2, -0.15) is 0 Å². The number of benzene rings is 1. The van der Waals surface area contributed by atoms with Gasteiger partial charge >= 0.3 is 0 Å². The molecule has 1 aromatic rings. The minimum absolute atomic E-state index is 0.150. The lowest BCUT2D eigenvalue weighted by Gasteiger charge is -2.11. The van der Waals surface area contributed by atoms with Crippen LogP contribution in [0, 0.1) is 0 Å². The SMILES string of the molecule is CCC(C)S(=O)(=O)NC(=O)c1ccc(C(N)=O)cc1. The summed E-state index contributed by atoms with van der Waals surface area (Å²) in [7, 11) is -3.68. The summed E-state index contributed by atoms with van der Waals surface area (Å²) < 4.78 is 25.4. The van der Waals surface area contributed by atoms with Crippen molar-refractivity contribution in [2.75, 3.05) is 0 Å². The van der Waals surface area contributed by atoms with E-state index < -0.39 is 27.1 Å². The number of primary amides is 1. The van der Waals surface area contributed by atoms with Crippen molar-refractivity contribution in [3.63, 3.8) is 0 Å². The van der Waals surface area contributed by atoms with Gasteiger partial charge < -0.3 is 5.73 Å². The summed E-state index contributed by atoms with van der Waals surface area (Å²) in [6.45, 7) is 3.24. The van der Waals surface area contributed by atoms with Gasteiger partial charge in [0, 0.05) is 11.1 Å². The number of nitrogens with one attached hydrogen (secondary N) is 1. The van der Waals surface area contributed by atoms with Crippen LogP contribution in [0.15, 0.2) is 24.3 Å². The van der Waals surface area contributed by atoms with Crippen LogP contribution in [-0.2, 0) is 10.0 Å². The molecule has 1 rings (SSSR count). The molecule has 0 saturated heterocycles. The maximum Gasteiger partial charge on any atom is 0.264 e. The second-order valence-electron chi connectivity index (χ2n) is 4.14. The van der Waals surface area contributed by atoms with Gasteiger partial charge in [-0.25, -0.2) is 13.1 Å². The van der Waals surface area contributed by atoms with Crippen LogP contribution in [0.25, 0.3) is 0 Å². The predicted molar refractivity (Wildman–Crippen MR) is 71.1 cm³/mol. The molecule has 0 aliphatic rings. The summed E-state index contributed by atoms with van der Waals surface area (Å²) in [5.41, 5.74) is 5.47. The van der Waals surface area contributed by atoms with E-state index in [4.69, 9.17) is 5.73 Å². The normalized spacial score (nSPS) is 12.7. The Hall–Kier alpha value is -1.89. The van der Waals surface area contributed by atoms with Crippen molar-refractivity contribution in [2.45, 2.75) is 25.5 Å². The van der Waals surface area contributed by atoms with E-state index in [2.05, 4.69) is 0 Å². The van der Waals surface area contributed by atoms with Crippen molar-refractivity contribution in [1.29, 1.82) is 0 Å². The minimum atomic E-state index is -3.68. The van der Waals surface area contributed by atoms with Crippen molar-refractivity contribution in [2.24, 2.45) is 5.73 Å². The van der Waals surface area contributed by atoms with E-state index >= 15 is 0 Å². The Balaban J connectivity index is 2.87. The highest BCUT2D eigenvalue weighted by Gasteiger charge is 2.22. The molecule has 0 fully saturated rings. The summed E-state index contributed by atoms with van der Waals surface area (Å²) in [6.07, 6.45) is 0.406. The molecule has 0 aliphatic carbocycles. The lowest BCUT2D eigenvalue weighted by atomic mass is 10.1. The molecule has 0 spiro atoms. The molecule has 0 aliphatic heterocycles. The molecule has 0 heterocycles. The Morgan fingerprint density at radius 2 is 1.68 bits per heavy atom. The summed E-state index contributed by atoms with van der Waals surface area (Å²) >= 11 is 0. The van der Waals surface area contributed by atoms with Crippen molar-refractivity contribution in [3.05, 3.63) is 35.4 Å². The predicted octanol–water partition coefficient (Wildman–Crippen LogP) is 0.644. The smallest absolute Gasteiger partial charge is 0.264 e. The number of rotatable bonds is 5. The number of amides is 2. The quantitative estimate of drug-likeness (QED) is 0.827. The maximum atomic E-state index is 11.8. The van der Waals surface area contributed by atoms with Gasteiger partial charge in [-0.1, -0.05) is 6.92 Å². The van der Waals surface area contributed by atoms with E-state index in [9.17, 15) is 18.0 Å². The third kappa shape index (κ3) is 3.78. The van der Waals surface area contributed by atoms with Crippen LogP contribution in [0.3, 0.4) is 0 Å². The fourth-order valence-corrected chi connectivity index (χ4v) is 2.31. The van der Waals surface area contributed by atoms with Gasteiger partial charge in [0.2, 0.25) is 15.9 Å². The molecular formula is C12H16N2O4S. The molecule has 0 aromatic heterocycles. The topological polar surface area (TPSA) is 106 Å². The van der Waals surface area contributed by atoms with Crippen molar-refractivity contribution in [1.82, 2.24) is 4.72 Å². The highest BCUT2D eigenvalue weighted by Crippen LogP contribution is 2.07. The number of nitrogens with two attached hydrogens (primary N) is 1. The highest BCUT2D eigenvalue weighted by atomic mass is 32.2. The molecular weight excluding hydrogens is 268 g/mol. The Morgan fingerprint density at radius 1 is 1.21 bits per heavy atom. The average Bonchev–Trinajstić information content (AvgIpc) is 2.37. The van der Waals surface area contributed by atoms with Crippen LogP contribution >= 0.6 is 0 Å². The minimum Gasteiger partial charge on any atom is -0.366 e. The third-order valence-electron chi connectivity index (χ3n) is 2.77. The third-order valence-corrected chi connectivity index (χ3v) is 4.63. The average molecular weight is 284 g/mol. The summed E-state index contributed by atoms with van der Waals surface area (Å²) in [5, 5.41) is -0.652. The fourth-order valence-electron chi connectivity index (χ4n) is 1.29. The van der Waals surface area contributed by atoms with Gasteiger partial charge in [0.05, 0.1) is 5.25 Å². The molecule has 1 aromatic carbocycles. The number of hydrogen-bond donors (Lipinski definition) is 2. The molecule has 19 heavy (non-hydrogen) atoms. The summed E-state index contributed by atoms with van der Waals surface area (Å²) in [6, 6.07) is 5.43. The van der Waals surface area contributed by atoms with Crippen molar-refractivity contribution in [3.8, 4) is 0 Å². The largest absolute Gasteiger partial charge is 0.366 e. The monoisotopic (exact) mass is 284 g/mol. The van der Waals surface area contributed by atoms with E-state index in [1.54, 1.807) is 6.92 Å². The van der Waals surface area contributed by atoms with Crippen LogP contribution in [0.4, 0.5) is 0 Å². The van der Waals surface area contributed by atoms with Crippen molar-refractivity contribution < 1.29 is 18.0 Å². The van der Waals surface area contributed by atoms with Gasteiger partial charge in [-0.3, -0.25) is 9.59 Å². The summed E-state index contributed by atoms with van der Waals surface area (Å²) in [4.78, 5) is 22.6. The van der Waals surface area contributed by atoms with E-state index in [0.29, 0.717) is 6.42 Å². The lowest BCUT2D eigenvalue weighted by Crippen LogP contribution is -2.36. The number of hydrogen-bond acceptors (Lipinski definition) is 4. The van der Waals surface area contributed by atoms with E-state index in [0.717, 1.165) is 0 Å². The zero-order chi connectivity index (χ0) is 14.6. The number of carbonyl (C=O) groups is 2. The van der Waals surface area contributed by atoms with Crippen LogP contribution in [0.1, 0.15) is 41.0 Å². The lowest BCUT2D eigenvalue weighted by molar-refractivity contribution is 0.0975. The van der Waals surface area contributed by atoms with Crippen LogP contribution in [0.5, 0.6) is 0 Å². The van der Waals surface area contributed by atoms with Gasteiger partial charge in [0.25, 0.3) is 5.91 Å². The molecule has 2 amide bonds. The van der Waals surface area contributed by atoms with Gasteiger partial charge in [-0.15, -0.1) is 0 Å². The standard InChI is InChI=1S/C12H16N2O4S/c1-3-8(2)19(17,18)14-12(16)10-6-4-9(5-7-10)11(13)15/h4-8H,3H2,1-2H3,(H2,13,15)(H,14,16). The maximum absolute atomic E-state index is 11.8. The number of carbonyl (C=O) groups excluding carboxylic acids is 2. The first-order valence-electron chi connectivity index (χ1n) is 5.73. The Bertz CT molecular complexity index is 578. The molecule has 0 radical (unpaired) electrons. The summed E-state index contributed by atoms with van der Waals surface area (Å²) in [5.74, 6) is -1.34. The number of sulfonamides is 1. The molecule has 0 saturated carbocycles. The fraction of sp³-hybridized carbons (Fsp3) is 0.333. The molecule has 3 N–H and O–H groups in total. The molecule has 0 bridgehead atoms. The van der Waals surface area contributed by atoms with E-state index in [-0.39, 0.29) is 11.1 Å². The zero-order valence-corrected chi connectivity index (χ0v) is 11.5. The molecule has 1 unspecified atom stereocenters. The first-order valence-corrected chi connectivity index (χ1v) is 7.28. The van der Waals surface area contributed by atoms with E-state index in [1.165, 1.54) is 31.2 Å². The first-order chi connectivity index (χ1) is 8.77. The molecule has 6 nitrogen and oxygen atoms in total. The second-order valence-corrected chi connectivity index (χ2v) is 6.24. The Morgan fingerprint density at radius 3 is 2.11 bits per heavy atom. The molecule has 7 heteroatoms. The van der Waals surface area contributed by atoms with Crippen LogP contribution in [-0.4, -0.2) is 25.5 Å². The zero-order valence-electron chi connectivity index (χ0n) is 10.7. The van der Waals surface area contributed by atoms with Gasteiger partial charge in [0.15, 0.2) is 0 Å². The van der Waals surface area contributed by atoms with E-state index in [1.807, 2.05) is 4.72 Å². The molecule has 104 valence electrons. The Labute approximate surface area is 112 Å².